The Labute approximate surface area is 188 Å². The summed E-state index contributed by atoms with van der Waals surface area (Å²) in [6.45, 7) is 15.2. The van der Waals surface area contributed by atoms with Crippen molar-refractivity contribution in [3.8, 4) is 0 Å². The Morgan fingerprint density at radius 1 is 0.714 bits per heavy atom. The third-order valence-electron chi connectivity index (χ3n) is 10.7. The molecule has 14 atom stereocenters. The van der Waals surface area contributed by atoms with Gasteiger partial charge in [-0.25, -0.2) is 0 Å². The number of halogens is 1. The summed E-state index contributed by atoms with van der Waals surface area (Å²) in [7, 11) is 0. The molecule has 0 aromatic heterocycles. The van der Waals surface area contributed by atoms with Crippen LogP contribution in [-0.2, 0) is 0 Å². The summed E-state index contributed by atoms with van der Waals surface area (Å²) >= 11 is 2.74. The maximum Gasteiger partial charge on any atom is 0.0141 e. The first-order valence-electron chi connectivity index (χ1n) is 12.9. The smallest absolute Gasteiger partial charge is 0.0141 e. The molecular weight excluding hydrogens is 451 g/mol. The summed E-state index contributed by atoms with van der Waals surface area (Å²) in [5.74, 6) is 14.8. The van der Waals surface area contributed by atoms with E-state index in [1.807, 2.05) is 0 Å². The Balaban J connectivity index is 1.28. The fraction of sp³-hybridized carbons (Fsp3) is 1.00. The molecule has 0 radical (unpaired) electrons. The fourth-order valence-electron chi connectivity index (χ4n) is 8.64. The van der Waals surface area contributed by atoms with Gasteiger partial charge in [-0.3, -0.25) is 0 Å². The second-order valence-electron chi connectivity index (χ2n) is 12.9. The zero-order valence-corrected chi connectivity index (χ0v) is 21.4. The number of hydrogen-bond donors (Lipinski definition) is 0. The van der Waals surface area contributed by atoms with Gasteiger partial charge in [0.2, 0.25) is 0 Å². The van der Waals surface area contributed by atoms with Gasteiger partial charge < -0.3 is 0 Å². The average Bonchev–Trinajstić information content (AvgIpc) is 3.54. The molecule has 5 saturated carbocycles. The maximum absolute atomic E-state index is 2.74. The molecule has 28 heavy (non-hydrogen) atoms. The molecule has 5 aliphatic carbocycles. The predicted molar refractivity (Wildman–Crippen MR) is 128 cm³/mol. The van der Waals surface area contributed by atoms with E-state index in [2.05, 4.69) is 64.1 Å². The molecule has 0 aromatic carbocycles. The van der Waals surface area contributed by atoms with Crippen LogP contribution in [0.1, 0.15) is 80.1 Å². The minimum atomic E-state index is 0.901. The molecule has 5 fully saturated rings. The topological polar surface area (TPSA) is 0 Å². The summed E-state index contributed by atoms with van der Waals surface area (Å²) < 4.78 is 0.971. The van der Waals surface area contributed by atoms with Gasteiger partial charge in [0, 0.05) is 3.92 Å². The Kier molecular flexibility index (Phi) is 5.45. The van der Waals surface area contributed by atoms with E-state index < -0.39 is 0 Å². The van der Waals surface area contributed by atoms with Crippen molar-refractivity contribution >= 4 is 22.6 Å². The molecule has 0 N–H and O–H groups in total. The van der Waals surface area contributed by atoms with Crippen LogP contribution in [-0.4, -0.2) is 3.92 Å². The van der Waals surface area contributed by atoms with E-state index in [1.165, 1.54) is 6.42 Å². The Morgan fingerprint density at radius 2 is 1.43 bits per heavy atom. The van der Waals surface area contributed by atoms with Gasteiger partial charge in [-0.15, -0.1) is 0 Å². The highest BCUT2D eigenvalue weighted by Gasteiger charge is 2.62. The van der Waals surface area contributed by atoms with Crippen molar-refractivity contribution in [1.82, 2.24) is 0 Å². The largest absolute Gasteiger partial charge is 0.0823 e. The third-order valence-corrected chi connectivity index (χ3v) is 12.4. The molecule has 0 bridgehead atoms. The lowest BCUT2D eigenvalue weighted by molar-refractivity contribution is 0.0896. The summed E-state index contributed by atoms with van der Waals surface area (Å²) in [4.78, 5) is 0. The average molecular weight is 497 g/mol. The van der Waals surface area contributed by atoms with Crippen molar-refractivity contribution in [3.63, 3.8) is 0 Å². The minimum absolute atomic E-state index is 0.901. The van der Waals surface area contributed by atoms with Crippen LogP contribution in [0.2, 0.25) is 0 Å². The standard InChI is InChI=1S/C27H45I/c1-13(2)7-18-10-21(18)26-16(5)14(3)8-23(26)22-11-24(22)27(19-9-15(19)4)20-12-25(28)17(20)6/h13-27H,7-12H2,1-6H3. The first-order valence-corrected chi connectivity index (χ1v) is 14.2. The Morgan fingerprint density at radius 3 is 2.00 bits per heavy atom. The highest BCUT2D eigenvalue weighted by Crippen LogP contribution is 2.69. The zero-order chi connectivity index (χ0) is 19.9. The van der Waals surface area contributed by atoms with Gasteiger partial charge in [-0.2, -0.15) is 0 Å². The zero-order valence-electron chi connectivity index (χ0n) is 19.3. The van der Waals surface area contributed by atoms with Gasteiger partial charge in [0.05, 0.1) is 0 Å². The molecule has 0 nitrogen and oxygen atoms in total. The third kappa shape index (κ3) is 3.54. The van der Waals surface area contributed by atoms with E-state index in [9.17, 15) is 0 Å². The molecule has 14 unspecified atom stereocenters. The van der Waals surface area contributed by atoms with Crippen LogP contribution in [0.3, 0.4) is 0 Å². The molecule has 160 valence electrons. The van der Waals surface area contributed by atoms with E-state index >= 15 is 0 Å². The van der Waals surface area contributed by atoms with Crippen LogP contribution < -0.4 is 0 Å². The lowest BCUT2D eigenvalue weighted by atomic mass is 9.64. The highest BCUT2D eigenvalue weighted by atomic mass is 127. The van der Waals surface area contributed by atoms with E-state index in [1.54, 1.807) is 32.1 Å². The van der Waals surface area contributed by atoms with Crippen molar-refractivity contribution in [1.29, 1.82) is 0 Å². The van der Waals surface area contributed by atoms with Crippen LogP contribution in [0.25, 0.3) is 0 Å². The van der Waals surface area contributed by atoms with Gasteiger partial charge in [0.15, 0.2) is 0 Å². The van der Waals surface area contributed by atoms with Crippen molar-refractivity contribution < 1.29 is 0 Å². The van der Waals surface area contributed by atoms with Gasteiger partial charge in [0.25, 0.3) is 0 Å². The van der Waals surface area contributed by atoms with Crippen LogP contribution in [0.4, 0.5) is 0 Å². The van der Waals surface area contributed by atoms with Crippen LogP contribution in [0, 0.1) is 82.9 Å². The molecule has 0 saturated heterocycles. The second kappa shape index (κ2) is 7.40. The summed E-state index contributed by atoms with van der Waals surface area (Å²) in [5, 5.41) is 0. The first kappa shape index (κ1) is 20.6. The molecule has 5 rings (SSSR count). The lowest BCUT2D eigenvalue weighted by Crippen LogP contribution is -2.42. The molecule has 0 amide bonds. The predicted octanol–water partition coefficient (Wildman–Crippen LogP) is 7.94. The number of rotatable bonds is 7. The molecule has 0 heterocycles. The quantitative estimate of drug-likeness (QED) is 0.248. The van der Waals surface area contributed by atoms with Gasteiger partial charge in [0.1, 0.15) is 0 Å². The minimum Gasteiger partial charge on any atom is -0.0823 e. The van der Waals surface area contributed by atoms with Crippen molar-refractivity contribution in [2.75, 3.05) is 0 Å². The van der Waals surface area contributed by atoms with E-state index in [0.717, 1.165) is 86.8 Å². The second-order valence-corrected chi connectivity index (χ2v) is 14.5. The highest BCUT2D eigenvalue weighted by molar-refractivity contribution is 14.1. The summed E-state index contributed by atoms with van der Waals surface area (Å²) in [6.07, 6.45) is 9.36. The van der Waals surface area contributed by atoms with Crippen LogP contribution in [0.15, 0.2) is 0 Å². The monoisotopic (exact) mass is 496 g/mol. The van der Waals surface area contributed by atoms with Gasteiger partial charge >= 0.3 is 0 Å². The van der Waals surface area contributed by atoms with E-state index in [-0.39, 0.29) is 0 Å². The molecule has 0 spiro atoms. The van der Waals surface area contributed by atoms with Crippen LogP contribution in [0.5, 0.6) is 0 Å². The molecular formula is C27H45I. The fourth-order valence-corrected chi connectivity index (χ4v) is 9.76. The molecule has 5 aliphatic rings. The first-order chi connectivity index (χ1) is 13.3. The molecule has 0 aliphatic heterocycles. The Hall–Kier alpha value is 0.730. The molecule has 1 heteroatoms. The number of hydrogen-bond acceptors (Lipinski definition) is 0. The lowest BCUT2D eigenvalue weighted by Gasteiger charge is -2.45. The van der Waals surface area contributed by atoms with Gasteiger partial charge in [-0.1, -0.05) is 64.1 Å². The van der Waals surface area contributed by atoms with Crippen LogP contribution >= 0.6 is 22.6 Å². The number of alkyl halides is 1. The van der Waals surface area contributed by atoms with E-state index in [4.69, 9.17) is 0 Å². The SMILES string of the molecule is CC(C)CC1CC1C1C(C)C(C)CC1C1CC1C(C1CC1C)C1CC(I)C1C. The van der Waals surface area contributed by atoms with Crippen molar-refractivity contribution in [3.05, 3.63) is 0 Å². The summed E-state index contributed by atoms with van der Waals surface area (Å²) in [5.41, 5.74) is 0. The normalized spacial score (nSPS) is 58.5. The van der Waals surface area contributed by atoms with E-state index in [0.29, 0.717) is 0 Å². The van der Waals surface area contributed by atoms with Gasteiger partial charge in [-0.05, 0) is 121 Å². The van der Waals surface area contributed by atoms with Crippen molar-refractivity contribution in [2.24, 2.45) is 82.9 Å². The van der Waals surface area contributed by atoms with Crippen molar-refractivity contribution in [2.45, 2.75) is 84.0 Å². The maximum atomic E-state index is 2.74. The summed E-state index contributed by atoms with van der Waals surface area (Å²) in [6, 6.07) is 0. The Bertz CT molecular complexity index is 583. The molecule has 0 aromatic rings.